The van der Waals surface area contributed by atoms with Gasteiger partial charge in [-0.3, -0.25) is 0 Å². The molecule has 0 spiro atoms. The molecule has 12 rings (SSSR count). The molecule has 0 aliphatic carbocycles. The highest BCUT2D eigenvalue weighted by molar-refractivity contribution is 5.99. The van der Waals surface area contributed by atoms with Crippen molar-refractivity contribution in [1.82, 2.24) is 24.8 Å². The number of anilines is 3. The third kappa shape index (κ3) is 6.36. The van der Waals surface area contributed by atoms with Crippen molar-refractivity contribution in [3.63, 3.8) is 0 Å². The van der Waals surface area contributed by atoms with Gasteiger partial charge in [0.2, 0.25) is 0 Å². The van der Waals surface area contributed by atoms with E-state index in [4.69, 9.17) is 9.97 Å². The Labute approximate surface area is 373 Å². The van der Waals surface area contributed by atoms with E-state index in [0.717, 1.165) is 98.5 Å². The molecule has 9 heterocycles. The smallest absolute Gasteiger partial charge is 0.0737 e. The van der Waals surface area contributed by atoms with Crippen molar-refractivity contribution in [2.75, 3.05) is 49.4 Å². The molecule has 3 aromatic heterocycles. The Morgan fingerprint density at radius 2 is 0.766 bits per heavy atom. The molecule has 8 nitrogen and oxygen atoms in total. The van der Waals surface area contributed by atoms with Crippen molar-refractivity contribution < 1.29 is 0 Å². The molecular weight excluding hydrogens is 785 g/mol. The second kappa shape index (κ2) is 14.9. The lowest BCUT2D eigenvalue weighted by molar-refractivity contribution is 0.507. The molecule has 6 aliphatic rings. The van der Waals surface area contributed by atoms with Crippen LogP contribution in [0.2, 0.25) is 0 Å². The second-order valence-electron chi connectivity index (χ2n) is 17.6. The monoisotopic (exact) mass is 832 g/mol. The zero-order valence-corrected chi connectivity index (χ0v) is 36.5. The molecule has 0 radical (unpaired) electrons. The summed E-state index contributed by atoms with van der Waals surface area (Å²) in [6.07, 6.45) is 24.7. The van der Waals surface area contributed by atoms with Crippen LogP contribution in [0.1, 0.15) is 61.7 Å². The Kier molecular flexibility index (Phi) is 8.83. The normalized spacial score (nSPS) is 16.2. The summed E-state index contributed by atoms with van der Waals surface area (Å²) >= 11 is 0. The number of nitrogens with one attached hydrogen (secondary N) is 2. The Balaban J connectivity index is 1.19. The zero-order chi connectivity index (χ0) is 43.1. The van der Waals surface area contributed by atoms with Crippen LogP contribution >= 0.6 is 0 Å². The molecule has 6 aromatic rings. The largest absolute Gasteiger partial charge is 0.376 e. The van der Waals surface area contributed by atoms with Crippen LogP contribution in [-0.2, 0) is 19.3 Å². The molecule has 6 aliphatic heterocycles. The molecule has 2 N–H and O–H groups in total. The number of rotatable bonds is 4. The number of aromatic amines is 2. The lowest BCUT2D eigenvalue weighted by Gasteiger charge is -2.26. The van der Waals surface area contributed by atoms with Gasteiger partial charge in [0, 0.05) is 146 Å². The van der Waals surface area contributed by atoms with Crippen LogP contribution in [0.25, 0.3) is 68.7 Å². The highest BCUT2D eigenvalue weighted by Crippen LogP contribution is 2.41. The van der Waals surface area contributed by atoms with Gasteiger partial charge in [-0.25, -0.2) is 9.97 Å². The van der Waals surface area contributed by atoms with Crippen LogP contribution in [0, 0.1) is 0 Å². The van der Waals surface area contributed by atoms with Gasteiger partial charge in [0.15, 0.2) is 0 Å². The van der Waals surface area contributed by atoms with E-state index in [1.165, 1.54) is 50.5 Å². The maximum atomic E-state index is 5.65. The molecule has 0 unspecified atom stereocenters. The molecule has 312 valence electrons. The van der Waals surface area contributed by atoms with E-state index < -0.39 is 0 Å². The first kappa shape index (κ1) is 37.9. The summed E-state index contributed by atoms with van der Waals surface area (Å²) in [7, 11) is 8.56. The van der Waals surface area contributed by atoms with Gasteiger partial charge >= 0.3 is 0 Å². The van der Waals surface area contributed by atoms with Gasteiger partial charge in [-0.15, -0.1) is 0 Å². The van der Waals surface area contributed by atoms with Crippen LogP contribution in [0.3, 0.4) is 0 Å². The third-order valence-corrected chi connectivity index (χ3v) is 13.4. The Morgan fingerprint density at radius 3 is 1.16 bits per heavy atom. The molecule has 8 bridgehead atoms. The predicted molar refractivity (Wildman–Crippen MR) is 268 cm³/mol. The summed E-state index contributed by atoms with van der Waals surface area (Å²) in [6, 6.07) is 35.0. The second-order valence-corrected chi connectivity index (χ2v) is 17.6. The molecular formula is C56H48N8. The van der Waals surface area contributed by atoms with Crippen molar-refractivity contribution in [3.8, 4) is 0 Å². The molecule has 0 amide bonds. The first-order chi connectivity index (χ1) is 31.3. The summed E-state index contributed by atoms with van der Waals surface area (Å²) < 4.78 is 0. The van der Waals surface area contributed by atoms with E-state index >= 15 is 0 Å². The van der Waals surface area contributed by atoms with Crippen LogP contribution in [0.15, 0.2) is 134 Å². The number of likely N-dealkylation sites (N-methyl/N-ethyl adjacent to an activating group) is 1. The van der Waals surface area contributed by atoms with Gasteiger partial charge < -0.3 is 29.6 Å². The molecule has 0 atom stereocenters. The van der Waals surface area contributed by atoms with Crippen LogP contribution in [0.5, 0.6) is 0 Å². The number of allylic oxidation sites excluding steroid dienone is 5. The topological polar surface area (TPSA) is 70.3 Å². The van der Waals surface area contributed by atoms with E-state index in [1.807, 2.05) is 0 Å². The first-order valence-electron chi connectivity index (χ1n) is 22.1. The van der Waals surface area contributed by atoms with Crippen molar-refractivity contribution in [2.24, 2.45) is 0 Å². The highest BCUT2D eigenvalue weighted by atomic mass is 15.1. The number of nitrogens with zero attached hydrogens (tertiary/aromatic N) is 6. The predicted octanol–water partition coefficient (Wildman–Crippen LogP) is 11.6. The summed E-state index contributed by atoms with van der Waals surface area (Å²) in [5, 5.41) is 0. The van der Waals surface area contributed by atoms with Crippen LogP contribution < -0.4 is 14.7 Å². The summed E-state index contributed by atoms with van der Waals surface area (Å²) in [5.41, 5.74) is 24.3. The number of H-pyrrole nitrogens is 2. The standard InChI is InChI=1S/C56H48N8/c1-61-27-11-15-38(31-61)53-42-19-21-44(57-42)54(39-28-35-12-5-8-16-50(35)62(2)32-39)46-23-25-48(59-46)56(41-30-37-14-7-10-18-52(37)64(4)34-41)49-26-24-47(60-49)55(45-22-20-43(53)58-45)40-29-36-13-6-9-17-51(36)63(3)33-40/h5-26,31-34,57,60H,27-30H2,1-4H3. The number of para-hydroxylation sites is 3. The summed E-state index contributed by atoms with van der Waals surface area (Å²) in [5.74, 6) is 0. The van der Waals surface area contributed by atoms with Crippen molar-refractivity contribution in [1.29, 1.82) is 0 Å². The van der Waals surface area contributed by atoms with Crippen molar-refractivity contribution in [3.05, 3.63) is 196 Å². The van der Waals surface area contributed by atoms with Crippen molar-refractivity contribution >= 4 is 85.7 Å². The summed E-state index contributed by atoms with van der Waals surface area (Å²) in [4.78, 5) is 28.2. The molecule has 3 aromatic carbocycles. The summed E-state index contributed by atoms with van der Waals surface area (Å²) in [6.45, 7) is 0.855. The maximum absolute atomic E-state index is 5.65. The highest BCUT2D eigenvalue weighted by Gasteiger charge is 2.26. The minimum atomic E-state index is 0.783. The zero-order valence-electron chi connectivity index (χ0n) is 36.5. The quantitative estimate of drug-likeness (QED) is 0.184. The fourth-order valence-corrected chi connectivity index (χ4v) is 10.5. The maximum Gasteiger partial charge on any atom is 0.0737 e. The molecule has 0 fully saturated rings. The first-order valence-corrected chi connectivity index (χ1v) is 22.1. The van der Waals surface area contributed by atoms with Crippen LogP contribution in [0.4, 0.5) is 17.1 Å². The number of benzene rings is 3. The molecule has 8 heteroatoms. The van der Waals surface area contributed by atoms with E-state index in [0.29, 0.717) is 0 Å². The minimum absolute atomic E-state index is 0.783. The fraction of sp³-hybridized carbons (Fsp3) is 0.143. The molecule has 64 heavy (non-hydrogen) atoms. The van der Waals surface area contributed by atoms with Gasteiger partial charge in [-0.1, -0.05) is 66.7 Å². The number of aromatic nitrogens is 4. The van der Waals surface area contributed by atoms with Gasteiger partial charge in [0.1, 0.15) is 0 Å². The van der Waals surface area contributed by atoms with Crippen LogP contribution in [-0.4, -0.2) is 59.6 Å². The van der Waals surface area contributed by atoms with E-state index in [-0.39, 0.29) is 0 Å². The number of fused-ring (bicyclic) bond motifs is 11. The molecule has 0 saturated carbocycles. The number of hydrogen-bond acceptors (Lipinski definition) is 6. The molecule has 0 saturated heterocycles. The van der Waals surface area contributed by atoms with Gasteiger partial charge in [-0.2, -0.15) is 0 Å². The van der Waals surface area contributed by atoms with Gasteiger partial charge in [0.05, 0.1) is 22.8 Å². The van der Waals surface area contributed by atoms with E-state index in [1.54, 1.807) is 0 Å². The number of hydrogen-bond donors (Lipinski definition) is 2. The third-order valence-electron chi connectivity index (χ3n) is 13.4. The average Bonchev–Trinajstić information content (AvgIpc) is 4.15. The SMILES string of the molecule is CN1C=C(c2c3nc(c(C4=CN(C)c5ccccc5C4)c4ccc([nH]4)c(C4=CN(C)c5ccccc5C4)c4nc(c(C5=CN(C)c6ccccc6C5)c5ccc2[nH]5)C=C4)C=C3)C=CC1. The van der Waals surface area contributed by atoms with Gasteiger partial charge in [-0.05, 0) is 100 Å². The Morgan fingerprint density at radius 1 is 0.406 bits per heavy atom. The van der Waals surface area contributed by atoms with E-state index in [9.17, 15) is 0 Å². The van der Waals surface area contributed by atoms with Gasteiger partial charge in [0.25, 0.3) is 0 Å². The fourth-order valence-electron chi connectivity index (χ4n) is 10.5. The minimum Gasteiger partial charge on any atom is -0.376 e. The average molecular weight is 833 g/mol. The Bertz CT molecular complexity index is 3300. The lowest BCUT2D eigenvalue weighted by atomic mass is 9.93. The lowest BCUT2D eigenvalue weighted by Crippen LogP contribution is -2.17. The Hall–Kier alpha value is -7.84. The van der Waals surface area contributed by atoms with Crippen molar-refractivity contribution in [2.45, 2.75) is 19.3 Å². The van der Waals surface area contributed by atoms with E-state index in [2.05, 4.69) is 216 Å².